The maximum atomic E-state index is 13.7. The van der Waals surface area contributed by atoms with Crippen molar-refractivity contribution in [3.05, 3.63) is 22.7 Å². The number of nitrogens with two attached hydrogens (primary N) is 1. The standard InChI is InChI=1S/C9H11F2N3O4.ClH/c10-9(11)6(16)4(3-15)18-7(9)14-2-1-5(12)13-8(14)17;/h1-2,4,6-7,15-16H,3H2,(H2,12,13,17);1H/p+1/t4-,6-,7-;/m1./s1. The van der Waals surface area contributed by atoms with Gasteiger partial charge < -0.3 is 20.7 Å². The number of ether oxygens (including phenoxy) is 1. The number of rotatable bonds is 2. The van der Waals surface area contributed by atoms with Crippen molar-refractivity contribution in [2.75, 3.05) is 12.3 Å². The SMILES string of the molecule is Cl.Nc1cc[n+]([C@@H]2O[C@H](CO)[C@@H](O)C2(F)F)c(=O)[nH]1. The number of aromatic nitrogens is 2. The lowest BCUT2D eigenvalue weighted by molar-refractivity contribution is -0.789. The predicted molar refractivity (Wildman–Crippen MR) is 60.9 cm³/mol. The van der Waals surface area contributed by atoms with Gasteiger partial charge in [0.15, 0.2) is 11.9 Å². The molecule has 0 spiro atoms. The summed E-state index contributed by atoms with van der Waals surface area (Å²) in [7, 11) is 0. The molecule has 108 valence electrons. The summed E-state index contributed by atoms with van der Waals surface area (Å²) < 4.78 is 32.8. The summed E-state index contributed by atoms with van der Waals surface area (Å²) >= 11 is 0. The molecule has 0 saturated carbocycles. The number of aliphatic hydroxyl groups excluding tert-OH is 2. The first kappa shape index (κ1) is 15.8. The third-order valence-corrected chi connectivity index (χ3v) is 2.71. The van der Waals surface area contributed by atoms with Gasteiger partial charge >= 0.3 is 11.6 Å². The van der Waals surface area contributed by atoms with Gasteiger partial charge in [0.05, 0.1) is 6.61 Å². The van der Waals surface area contributed by atoms with Crippen LogP contribution in [0, 0.1) is 0 Å². The highest BCUT2D eigenvalue weighted by Gasteiger charge is 2.62. The molecule has 1 aromatic rings. The Hall–Kier alpha value is -1.29. The van der Waals surface area contributed by atoms with Crippen LogP contribution in [-0.4, -0.2) is 39.9 Å². The number of H-pyrrole nitrogens is 1. The lowest BCUT2D eigenvalue weighted by Gasteiger charge is -2.16. The molecule has 1 saturated heterocycles. The molecule has 1 aliphatic rings. The number of aliphatic hydroxyl groups is 2. The first-order valence-corrected chi connectivity index (χ1v) is 5.10. The highest BCUT2D eigenvalue weighted by molar-refractivity contribution is 5.85. The summed E-state index contributed by atoms with van der Waals surface area (Å²) in [4.78, 5) is 13.6. The minimum atomic E-state index is -3.69. The molecule has 0 amide bonds. The first-order chi connectivity index (χ1) is 8.37. The van der Waals surface area contributed by atoms with E-state index in [0.717, 1.165) is 6.20 Å². The van der Waals surface area contributed by atoms with Crippen LogP contribution in [0.2, 0.25) is 0 Å². The molecule has 2 rings (SSSR count). The average molecular weight is 301 g/mol. The number of alkyl halides is 2. The molecule has 0 unspecified atom stereocenters. The summed E-state index contributed by atoms with van der Waals surface area (Å²) in [6.45, 7) is -0.777. The fraction of sp³-hybridized carbons (Fsp3) is 0.556. The molecule has 0 aromatic carbocycles. The maximum Gasteiger partial charge on any atom is 0.499 e. The van der Waals surface area contributed by atoms with Crippen LogP contribution in [0.5, 0.6) is 0 Å². The van der Waals surface area contributed by atoms with Gasteiger partial charge in [-0.25, -0.2) is 0 Å². The van der Waals surface area contributed by atoms with Gasteiger partial charge in [0.2, 0.25) is 0 Å². The molecule has 1 aromatic heterocycles. The van der Waals surface area contributed by atoms with Crippen LogP contribution in [0.1, 0.15) is 6.23 Å². The van der Waals surface area contributed by atoms with Gasteiger partial charge in [-0.3, -0.25) is 0 Å². The van der Waals surface area contributed by atoms with E-state index in [0.29, 0.717) is 4.57 Å². The summed E-state index contributed by atoms with van der Waals surface area (Å²) in [5.74, 6) is -3.68. The van der Waals surface area contributed by atoms with Crippen LogP contribution in [0.4, 0.5) is 14.6 Å². The number of anilines is 1. The van der Waals surface area contributed by atoms with Crippen molar-refractivity contribution < 1.29 is 28.3 Å². The van der Waals surface area contributed by atoms with Gasteiger partial charge in [0, 0.05) is 6.07 Å². The van der Waals surface area contributed by atoms with Crippen molar-refractivity contribution in [1.29, 1.82) is 0 Å². The van der Waals surface area contributed by atoms with E-state index in [4.69, 9.17) is 15.6 Å². The largest absolute Gasteiger partial charge is 0.499 e. The van der Waals surface area contributed by atoms with E-state index < -0.39 is 36.7 Å². The number of nitrogens with zero attached hydrogens (tertiary/aromatic N) is 1. The maximum absolute atomic E-state index is 13.7. The Balaban J connectivity index is 0.00000180. The van der Waals surface area contributed by atoms with E-state index in [1.807, 2.05) is 0 Å². The van der Waals surface area contributed by atoms with Crippen LogP contribution in [0.3, 0.4) is 0 Å². The van der Waals surface area contributed by atoms with E-state index in [1.165, 1.54) is 6.07 Å². The lowest BCUT2D eigenvalue weighted by atomic mass is 10.1. The zero-order chi connectivity index (χ0) is 13.5. The number of aromatic amines is 1. The zero-order valence-electron chi connectivity index (χ0n) is 9.49. The minimum Gasteiger partial charge on any atom is -0.394 e. The fourth-order valence-corrected chi connectivity index (χ4v) is 1.76. The molecule has 10 heteroatoms. The molecule has 3 atom stereocenters. The molecular weight excluding hydrogens is 288 g/mol. The lowest BCUT2D eigenvalue weighted by Crippen LogP contribution is -2.60. The van der Waals surface area contributed by atoms with Crippen molar-refractivity contribution in [2.45, 2.75) is 24.4 Å². The quantitative estimate of drug-likeness (QED) is 0.499. The van der Waals surface area contributed by atoms with Gasteiger partial charge in [-0.2, -0.15) is 23.1 Å². The average Bonchev–Trinajstić information content (AvgIpc) is 2.52. The summed E-state index contributed by atoms with van der Waals surface area (Å²) in [6.07, 6.45) is -4.60. The number of halogens is 3. The second-order valence-corrected chi connectivity index (χ2v) is 3.94. The molecule has 19 heavy (non-hydrogen) atoms. The van der Waals surface area contributed by atoms with Crippen LogP contribution in [0.25, 0.3) is 0 Å². The number of hydrogen-bond acceptors (Lipinski definition) is 5. The molecular formula is C9H13ClF2N3O4+. The molecule has 1 aliphatic heterocycles. The normalized spacial score (nSPS) is 28.9. The Morgan fingerprint density at radius 1 is 1.58 bits per heavy atom. The highest BCUT2D eigenvalue weighted by atomic mass is 35.5. The molecule has 7 nitrogen and oxygen atoms in total. The van der Waals surface area contributed by atoms with Crippen LogP contribution in [0.15, 0.2) is 17.1 Å². The summed E-state index contributed by atoms with van der Waals surface area (Å²) in [6, 6.07) is 1.21. The Labute approximate surface area is 112 Å². The van der Waals surface area contributed by atoms with E-state index in [1.54, 1.807) is 0 Å². The smallest absolute Gasteiger partial charge is 0.394 e. The molecule has 0 radical (unpaired) electrons. The van der Waals surface area contributed by atoms with Crippen molar-refractivity contribution in [3.63, 3.8) is 0 Å². The Morgan fingerprint density at radius 3 is 2.68 bits per heavy atom. The van der Waals surface area contributed by atoms with E-state index in [9.17, 15) is 18.7 Å². The number of hydrogen-bond donors (Lipinski definition) is 4. The van der Waals surface area contributed by atoms with E-state index in [2.05, 4.69) is 4.98 Å². The van der Waals surface area contributed by atoms with Crippen LogP contribution >= 0.6 is 12.4 Å². The second kappa shape index (κ2) is 5.37. The van der Waals surface area contributed by atoms with Crippen LogP contribution < -0.4 is 16.0 Å². The van der Waals surface area contributed by atoms with Gasteiger partial charge in [-0.05, 0) is 0 Å². The van der Waals surface area contributed by atoms with Gasteiger partial charge in [-0.1, -0.05) is 0 Å². The van der Waals surface area contributed by atoms with Crippen molar-refractivity contribution in [2.24, 2.45) is 0 Å². The molecule has 2 heterocycles. The fourth-order valence-electron chi connectivity index (χ4n) is 1.76. The number of nitrogen functional groups attached to an aromatic ring is 1. The third kappa shape index (κ3) is 2.54. The van der Waals surface area contributed by atoms with E-state index >= 15 is 0 Å². The van der Waals surface area contributed by atoms with Gasteiger partial charge in [0.1, 0.15) is 12.3 Å². The second-order valence-electron chi connectivity index (χ2n) is 3.94. The number of nitrogens with one attached hydrogen (secondary N) is 1. The van der Waals surface area contributed by atoms with Crippen LogP contribution in [-0.2, 0) is 4.74 Å². The molecule has 5 N–H and O–H groups in total. The monoisotopic (exact) mass is 300 g/mol. The summed E-state index contributed by atoms with van der Waals surface area (Å²) in [5, 5.41) is 18.1. The predicted octanol–water partition coefficient (Wildman–Crippen LogP) is -1.45. The third-order valence-electron chi connectivity index (χ3n) is 2.71. The highest BCUT2D eigenvalue weighted by Crippen LogP contribution is 2.39. The Bertz CT molecular complexity index is 512. The van der Waals surface area contributed by atoms with Crippen molar-refractivity contribution in [1.82, 2.24) is 4.98 Å². The topological polar surface area (TPSA) is 112 Å². The first-order valence-electron chi connectivity index (χ1n) is 5.10. The molecule has 1 fully saturated rings. The van der Waals surface area contributed by atoms with Crippen molar-refractivity contribution >= 4 is 18.2 Å². The van der Waals surface area contributed by atoms with Gasteiger partial charge in [0.25, 0.3) is 6.23 Å². The molecule has 0 bridgehead atoms. The van der Waals surface area contributed by atoms with E-state index in [-0.39, 0.29) is 18.2 Å². The Morgan fingerprint density at radius 2 is 2.21 bits per heavy atom. The van der Waals surface area contributed by atoms with Gasteiger partial charge in [-0.15, -0.1) is 12.4 Å². The zero-order valence-corrected chi connectivity index (χ0v) is 10.3. The molecule has 0 aliphatic carbocycles. The summed E-state index contributed by atoms with van der Waals surface area (Å²) in [5.41, 5.74) is 4.39. The Kier molecular flexibility index (Phi) is 4.46. The minimum absolute atomic E-state index is 0. The van der Waals surface area contributed by atoms with Crippen molar-refractivity contribution in [3.8, 4) is 0 Å².